The molecule has 1 aromatic carbocycles. The molecule has 0 unspecified atom stereocenters. The van der Waals surface area contributed by atoms with E-state index in [9.17, 15) is 14.4 Å². The lowest BCUT2D eigenvalue weighted by Gasteiger charge is -2.14. The standard InChI is InChI=1S/C16H16Cl2N2O4/c1-10(15(22)24-2)8-20-14(21)7-13(18)19(16(20)23)9-11-3-5-12(17)6-4-11/h3-7,10H,8-9H2,1-2H3/t10-/m0/s1. The van der Waals surface area contributed by atoms with Crippen LogP contribution in [-0.2, 0) is 22.6 Å². The molecular formula is C16H16Cl2N2O4. The summed E-state index contributed by atoms with van der Waals surface area (Å²) in [7, 11) is 1.25. The van der Waals surface area contributed by atoms with E-state index < -0.39 is 23.1 Å². The van der Waals surface area contributed by atoms with Crippen LogP contribution < -0.4 is 11.2 Å². The Labute approximate surface area is 148 Å². The van der Waals surface area contributed by atoms with Gasteiger partial charge in [-0.2, -0.15) is 0 Å². The van der Waals surface area contributed by atoms with Gasteiger partial charge in [-0.3, -0.25) is 18.7 Å². The number of methoxy groups -OCH3 is 1. The van der Waals surface area contributed by atoms with E-state index in [1.165, 1.54) is 11.7 Å². The van der Waals surface area contributed by atoms with Gasteiger partial charge in [-0.1, -0.05) is 42.3 Å². The van der Waals surface area contributed by atoms with Crippen LogP contribution >= 0.6 is 23.2 Å². The number of hydrogen-bond donors (Lipinski definition) is 0. The molecule has 0 fully saturated rings. The Balaban J connectivity index is 2.40. The average molecular weight is 371 g/mol. The van der Waals surface area contributed by atoms with E-state index in [2.05, 4.69) is 4.74 Å². The third-order valence-corrected chi connectivity index (χ3v) is 4.11. The quantitative estimate of drug-likeness (QED) is 0.597. The van der Waals surface area contributed by atoms with Crippen LogP contribution in [0.4, 0.5) is 0 Å². The number of benzene rings is 1. The van der Waals surface area contributed by atoms with E-state index in [4.69, 9.17) is 23.2 Å². The molecule has 2 aromatic rings. The van der Waals surface area contributed by atoms with Gasteiger partial charge in [-0.15, -0.1) is 0 Å². The minimum Gasteiger partial charge on any atom is -0.469 e. The largest absolute Gasteiger partial charge is 0.469 e. The van der Waals surface area contributed by atoms with Crippen molar-refractivity contribution in [2.45, 2.75) is 20.0 Å². The Hall–Kier alpha value is -2.05. The maximum atomic E-state index is 12.6. The molecule has 0 spiro atoms. The Morgan fingerprint density at radius 1 is 1.17 bits per heavy atom. The molecule has 2 rings (SSSR count). The SMILES string of the molecule is COC(=O)[C@@H](C)Cn1c(=O)cc(Cl)n(Cc2ccc(Cl)cc2)c1=O. The first-order chi connectivity index (χ1) is 11.3. The maximum absolute atomic E-state index is 12.6. The average Bonchev–Trinajstić information content (AvgIpc) is 2.56. The van der Waals surface area contributed by atoms with E-state index in [0.717, 1.165) is 16.2 Å². The number of esters is 1. The van der Waals surface area contributed by atoms with Crippen LogP contribution in [0.3, 0.4) is 0 Å². The van der Waals surface area contributed by atoms with Crippen molar-refractivity contribution >= 4 is 29.2 Å². The third-order valence-electron chi connectivity index (χ3n) is 3.54. The molecule has 1 atom stereocenters. The summed E-state index contributed by atoms with van der Waals surface area (Å²) >= 11 is 11.9. The molecule has 6 nitrogen and oxygen atoms in total. The van der Waals surface area contributed by atoms with Crippen molar-refractivity contribution in [2.24, 2.45) is 5.92 Å². The number of ether oxygens (including phenoxy) is 1. The van der Waals surface area contributed by atoms with Crippen LogP contribution in [0.2, 0.25) is 10.2 Å². The van der Waals surface area contributed by atoms with Gasteiger partial charge in [-0.25, -0.2) is 4.79 Å². The molecule has 0 saturated heterocycles. The van der Waals surface area contributed by atoms with Gasteiger partial charge in [0.25, 0.3) is 5.56 Å². The van der Waals surface area contributed by atoms with Crippen molar-refractivity contribution in [1.82, 2.24) is 9.13 Å². The summed E-state index contributed by atoms with van der Waals surface area (Å²) in [5, 5.41) is 0.607. The van der Waals surface area contributed by atoms with Crippen LogP contribution in [-0.4, -0.2) is 22.2 Å². The number of halogens is 2. The molecular weight excluding hydrogens is 355 g/mol. The highest BCUT2D eigenvalue weighted by Crippen LogP contribution is 2.12. The van der Waals surface area contributed by atoms with E-state index in [0.29, 0.717) is 5.02 Å². The molecule has 24 heavy (non-hydrogen) atoms. The van der Waals surface area contributed by atoms with E-state index in [-0.39, 0.29) is 18.2 Å². The number of carbonyl (C=O) groups is 1. The van der Waals surface area contributed by atoms with E-state index in [1.807, 2.05) is 0 Å². The molecule has 0 aliphatic rings. The number of carbonyl (C=O) groups excluding carboxylic acids is 1. The fraction of sp³-hybridized carbons (Fsp3) is 0.312. The molecule has 8 heteroatoms. The van der Waals surface area contributed by atoms with Crippen molar-refractivity contribution in [3.63, 3.8) is 0 Å². The van der Waals surface area contributed by atoms with E-state index >= 15 is 0 Å². The second kappa shape index (κ2) is 7.68. The van der Waals surface area contributed by atoms with Crippen molar-refractivity contribution in [3.05, 3.63) is 66.9 Å². The van der Waals surface area contributed by atoms with Crippen molar-refractivity contribution in [3.8, 4) is 0 Å². The number of hydrogen-bond acceptors (Lipinski definition) is 4. The number of nitrogens with zero attached hydrogens (tertiary/aromatic N) is 2. The molecule has 0 bridgehead atoms. The molecule has 0 aliphatic heterocycles. The molecule has 0 amide bonds. The van der Waals surface area contributed by atoms with Gasteiger partial charge >= 0.3 is 11.7 Å². The molecule has 0 radical (unpaired) electrons. The zero-order valence-corrected chi connectivity index (χ0v) is 14.7. The van der Waals surface area contributed by atoms with Gasteiger partial charge in [0.05, 0.1) is 19.6 Å². The lowest BCUT2D eigenvalue weighted by atomic mass is 10.2. The second-order valence-corrected chi connectivity index (χ2v) is 6.16. The fourth-order valence-electron chi connectivity index (χ4n) is 2.22. The molecule has 128 valence electrons. The highest BCUT2D eigenvalue weighted by molar-refractivity contribution is 6.30. The van der Waals surface area contributed by atoms with E-state index in [1.54, 1.807) is 31.2 Å². The first-order valence-corrected chi connectivity index (χ1v) is 7.91. The minimum atomic E-state index is -0.634. The van der Waals surface area contributed by atoms with Crippen LogP contribution in [0.25, 0.3) is 0 Å². The number of aromatic nitrogens is 2. The van der Waals surface area contributed by atoms with Gasteiger partial charge in [0, 0.05) is 17.6 Å². The molecule has 1 aromatic heterocycles. The minimum absolute atomic E-state index is 0.0296. The molecule has 1 heterocycles. The molecule has 0 N–H and O–H groups in total. The van der Waals surface area contributed by atoms with Gasteiger partial charge < -0.3 is 4.74 Å². The van der Waals surface area contributed by atoms with Crippen molar-refractivity contribution in [2.75, 3.05) is 7.11 Å². The summed E-state index contributed by atoms with van der Waals surface area (Å²) in [4.78, 5) is 36.2. The topological polar surface area (TPSA) is 70.3 Å². The van der Waals surface area contributed by atoms with Crippen LogP contribution in [0.5, 0.6) is 0 Å². The van der Waals surface area contributed by atoms with Crippen LogP contribution in [0.1, 0.15) is 12.5 Å². The third kappa shape index (κ3) is 4.07. The predicted molar refractivity (Wildman–Crippen MR) is 91.7 cm³/mol. The smallest absolute Gasteiger partial charge is 0.332 e. The fourth-order valence-corrected chi connectivity index (χ4v) is 2.57. The van der Waals surface area contributed by atoms with Gasteiger partial charge in [0.1, 0.15) is 5.15 Å². The Morgan fingerprint density at radius 3 is 2.38 bits per heavy atom. The van der Waals surface area contributed by atoms with Crippen LogP contribution in [0.15, 0.2) is 39.9 Å². The zero-order chi connectivity index (χ0) is 17.9. The Kier molecular flexibility index (Phi) is 5.85. The number of rotatable bonds is 5. The summed E-state index contributed by atoms with van der Waals surface area (Å²) in [5.74, 6) is -1.13. The highest BCUT2D eigenvalue weighted by atomic mass is 35.5. The Bertz CT molecular complexity index is 856. The summed E-state index contributed by atoms with van der Waals surface area (Å²) in [6, 6.07) is 8.08. The summed E-state index contributed by atoms with van der Waals surface area (Å²) in [6.45, 7) is 1.68. The summed E-state index contributed by atoms with van der Waals surface area (Å²) in [6.07, 6.45) is 0. The second-order valence-electron chi connectivity index (χ2n) is 5.34. The lowest BCUT2D eigenvalue weighted by molar-refractivity contribution is -0.145. The monoisotopic (exact) mass is 370 g/mol. The van der Waals surface area contributed by atoms with Crippen molar-refractivity contribution < 1.29 is 9.53 Å². The zero-order valence-electron chi connectivity index (χ0n) is 13.2. The summed E-state index contributed by atoms with van der Waals surface area (Å²) in [5.41, 5.74) is -0.346. The highest BCUT2D eigenvalue weighted by Gasteiger charge is 2.18. The molecule has 0 saturated carbocycles. The van der Waals surface area contributed by atoms with Gasteiger partial charge in [0.15, 0.2) is 0 Å². The first kappa shape index (κ1) is 18.3. The van der Waals surface area contributed by atoms with Gasteiger partial charge in [0.2, 0.25) is 0 Å². The lowest BCUT2D eigenvalue weighted by Crippen LogP contribution is -2.42. The van der Waals surface area contributed by atoms with Gasteiger partial charge in [-0.05, 0) is 17.7 Å². The normalized spacial score (nSPS) is 12.0. The predicted octanol–water partition coefficient (Wildman–Crippen LogP) is 2.17. The maximum Gasteiger partial charge on any atom is 0.332 e. The van der Waals surface area contributed by atoms with Crippen molar-refractivity contribution in [1.29, 1.82) is 0 Å². The Morgan fingerprint density at radius 2 is 1.79 bits per heavy atom. The first-order valence-electron chi connectivity index (χ1n) is 7.16. The summed E-state index contributed by atoms with van der Waals surface area (Å²) < 4.78 is 6.86. The van der Waals surface area contributed by atoms with Crippen LogP contribution in [0, 0.1) is 5.92 Å². The molecule has 0 aliphatic carbocycles.